The summed E-state index contributed by atoms with van der Waals surface area (Å²) >= 11 is 0. The first kappa shape index (κ1) is 36.8. The molecule has 0 radical (unpaired) electrons. The van der Waals surface area contributed by atoms with E-state index < -0.39 is 0 Å². The van der Waals surface area contributed by atoms with Crippen LogP contribution in [-0.4, -0.2) is 0 Å². The van der Waals surface area contributed by atoms with E-state index in [2.05, 4.69) is 241 Å². The first-order valence-electron chi connectivity index (χ1n) is 21.2. The van der Waals surface area contributed by atoms with E-state index in [-0.39, 0.29) is 0 Å². The van der Waals surface area contributed by atoms with Crippen molar-refractivity contribution < 1.29 is 4.42 Å². The molecule has 62 heavy (non-hydrogen) atoms. The van der Waals surface area contributed by atoms with Gasteiger partial charge in [0, 0.05) is 27.7 Å². The molecule has 292 valence electrons. The van der Waals surface area contributed by atoms with Crippen LogP contribution in [0, 0.1) is 0 Å². The van der Waals surface area contributed by atoms with Gasteiger partial charge in [-0.1, -0.05) is 206 Å². The summed E-state index contributed by atoms with van der Waals surface area (Å²) in [4.78, 5) is 2.39. The van der Waals surface area contributed by atoms with Gasteiger partial charge in [-0.15, -0.1) is 0 Å². The number of hydrogen-bond acceptors (Lipinski definition) is 2. The molecule has 0 aliphatic carbocycles. The van der Waals surface area contributed by atoms with Crippen molar-refractivity contribution in [2.45, 2.75) is 0 Å². The molecule has 0 spiro atoms. The Morgan fingerprint density at radius 3 is 1.39 bits per heavy atom. The smallest absolute Gasteiger partial charge is 0.135 e. The summed E-state index contributed by atoms with van der Waals surface area (Å²) in [5.41, 5.74) is 19.2. The largest absolute Gasteiger partial charge is 0.456 e. The lowest BCUT2D eigenvalue weighted by Crippen LogP contribution is -2.11. The van der Waals surface area contributed by atoms with E-state index >= 15 is 0 Å². The predicted molar refractivity (Wildman–Crippen MR) is 261 cm³/mol. The Morgan fingerprint density at radius 1 is 0.258 bits per heavy atom. The Kier molecular flexibility index (Phi) is 9.57. The summed E-state index contributed by atoms with van der Waals surface area (Å²) in [6.45, 7) is 0. The van der Waals surface area contributed by atoms with E-state index in [1.807, 2.05) is 12.1 Å². The van der Waals surface area contributed by atoms with Crippen LogP contribution in [0.15, 0.2) is 253 Å². The van der Waals surface area contributed by atoms with Crippen LogP contribution >= 0.6 is 0 Å². The second-order valence-corrected chi connectivity index (χ2v) is 15.6. The van der Waals surface area contributed by atoms with Crippen molar-refractivity contribution >= 4 is 39.0 Å². The van der Waals surface area contributed by atoms with Crippen LogP contribution in [0.2, 0.25) is 0 Å². The highest BCUT2D eigenvalue weighted by atomic mass is 16.3. The molecule has 10 aromatic carbocycles. The predicted octanol–water partition coefficient (Wildman–Crippen LogP) is 17.1. The van der Waals surface area contributed by atoms with Crippen molar-refractivity contribution in [2.24, 2.45) is 0 Å². The molecule has 1 aromatic heterocycles. The van der Waals surface area contributed by atoms with Gasteiger partial charge >= 0.3 is 0 Å². The number of benzene rings is 10. The van der Waals surface area contributed by atoms with Crippen LogP contribution in [0.25, 0.3) is 88.7 Å². The fraction of sp³-hybridized carbons (Fsp3) is 0. The van der Waals surface area contributed by atoms with Crippen LogP contribution in [0.3, 0.4) is 0 Å². The third-order valence-electron chi connectivity index (χ3n) is 11.9. The fourth-order valence-electron chi connectivity index (χ4n) is 8.97. The molecule has 0 saturated heterocycles. The van der Waals surface area contributed by atoms with Crippen LogP contribution in [-0.2, 0) is 0 Å². The second-order valence-electron chi connectivity index (χ2n) is 15.6. The van der Waals surface area contributed by atoms with Crippen molar-refractivity contribution in [2.75, 3.05) is 4.90 Å². The summed E-state index contributed by atoms with van der Waals surface area (Å²) < 4.78 is 6.31. The van der Waals surface area contributed by atoms with Gasteiger partial charge in [-0.3, -0.25) is 0 Å². The van der Waals surface area contributed by atoms with Gasteiger partial charge in [0.05, 0.1) is 5.69 Å². The van der Waals surface area contributed by atoms with Gasteiger partial charge in [0.15, 0.2) is 0 Å². The molecule has 1 heterocycles. The van der Waals surface area contributed by atoms with Gasteiger partial charge in [0.25, 0.3) is 0 Å². The molecule has 0 bridgehead atoms. The summed E-state index contributed by atoms with van der Waals surface area (Å²) in [6.07, 6.45) is 0. The molecule has 0 atom stereocenters. The molecule has 2 heteroatoms. The lowest BCUT2D eigenvalue weighted by atomic mass is 9.84. The van der Waals surface area contributed by atoms with Crippen LogP contribution < -0.4 is 4.90 Å². The third kappa shape index (κ3) is 6.84. The highest BCUT2D eigenvalue weighted by Gasteiger charge is 2.21. The van der Waals surface area contributed by atoms with Crippen molar-refractivity contribution in [1.82, 2.24) is 0 Å². The maximum Gasteiger partial charge on any atom is 0.135 e. The van der Waals surface area contributed by atoms with Crippen molar-refractivity contribution in [3.8, 4) is 66.8 Å². The van der Waals surface area contributed by atoms with Crippen LogP contribution in [0.4, 0.5) is 17.1 Å². The van der Waals surface area contributed by atoms with Gasteiger partial charge < -0.3 is 9.32 Å². The molecule has 11 aromatic rings. The third-order valence-corrected chi connectivity index (χ3v) is 11.9. The van der Waals surface area contributed by atoms with Crippen molar-refractivity contribution in [1.29, 1.82) is 0 Å². The number of anilines is 3. The van der Waals surface area contributed by atoms with Gasteiger partial charge in [0.2, 0.25) is 0 Å². The van der Waals surface area contributed by atoms with E-state index in [0.29, 0.717) is 0 Å². The Labute approximate surface area is 362 Å². The number of rotatable bonds is 9. The van der Waals surface area contributed by atoms with E-state index in [1.54, 1.807) is 0 Å². The number of para-hydroxylation sites is 2. The maximum absolute atomic E-state index is 6.31. The molecule has 0 aliphatic heterocycles. The lowest BCUT2D eigenvalue weighted by Gasteiger charge is -2.28. The maximum atomic E-state index is 6.31. The highest BCUT2D eigenvalue weighted by Crippen LogP contribution is 2.46. The minimum absolute atomic E-state index is 0.872. The lowest BCUT2D eigenvalue weighted by molar-refractivity contribution is 0.669. The number of furan rings is 1. The molecule has 2 nitrogen and oxygen atoms in total. The molecule has 0 fully saturated rings. The highest BCUT2D eigenvalue weighted by molar-refractivity contribution is 6.07. The molecular weight excluding hydrogens is 751 g/mol. The molecule has 0 N–H and O–H groups in total. The first-order chi connectivity index (χ1) is 30.8. The van der Waals surface area contributed by atoms with Gasteiger partial charge in [-0.2, -0.15) is 0 Å². The van der Waals surface area contributed by atoms with Crippen LogP contribution in [0.5, 0.6) is 0 Å². The molecule has 11 rings (SSSR count). The number of fused-ring (bicyclic) bond motifs is 3. The second kappa shape index (κ2) is 16.1. The standard InChI is InChI=1S/C60H41NO/c1-4-17-42(18-5-1)43-31-33-46(34-32-43)51-24-12-14-29-57(51)61(49-39-40-59-56(41-49)54-25-13-15-30-58(54)62-59)48-37-35-47(36-38-48)53-28-16-27-52(45-21-8-3-9-22-45)60(53)55-26-11-10-23-50(55)44-19-6-2-7-20-44/h1-41H. The Morgan fingerprint density at radius 2 is 0.694 bits per heavy atom. The normalized spacial score (nSPS) is 11.2. The average Bonchev–Trinajstić information content (AvgIpc) is 3.73. The first-order valence-corrected chi connectivity index (χ1v) is 21.2. The van der Waals surface area contributed by atoms with Crippen LogP contribution in [0.1, 0.15) is 0 Å². The topological polar surface area (TPSA) is 16.4 Å². The quantitative estimate of drug-likeness (QED) is 0.145. The Hall–Kier alpha value is -8.20. The van der Waals surface area contributed by atoms with E-state index in [0.717, 1.165) is 55.7 Å². The molecule has 0 aliphatic rings. The zero-order valence-electron chi connectivity index (χ0n) is 34.0. The monoisotopic (exact) mass is 791 g/mol. The zero-order valence-corrected chi connectivity index (χ0v) is 34.0. The Balaban J connectivity index is 1.07. The summed E-state index contributed by atoms with van der Waals surface area (Å²) in [5, 5.41) is 2.19. The number of nitrogens with zero attached hydrogens (tertiary/aromatic N) is 1. The summed E-state index contributed by atoms with van der Waals surface area (Å²) in [6, 6.07) is 89.1. The SMILES string of the molecule is c1ccc(-c2ccc(-c3ccccc3N(c3ccc(-c4cccc(-c5ccccc5)c4-c4ccccc4-c4ccccc4)cc3)c3ccc4oc5ccccc5c4c3)cc2)cc1. The Bertz CT molecular complexity index is 3310. The van der Waals surface area contributed by atoms with Crippen molar-refractivity contribution in [3.05, 3.63) is 249 Å². The molecule has 0 unspecified atom stereocenters. The van der Waals surface area contributed by atoms with E-state index in [9.17, 15) is 0 Å². The van der Waals surface area contributed by atoms with E-state index in [4.69, 9.17) is 4.42 Å². The number of hydrogen-bond donors (Lipinski definition) is 0. The zero-order chi connectivity index (χ0) is 41.2. The average molecular weight is 792 g/mol. The molecular formula is C60H41NO. The fourth-order valence-corrected chi connectivity index (χ4v) is 8.97. The van der Waals surface area contributed by atoms with Gasteiger partial charge in [0.1, 0.15) is 11.2 Å². The van der Waals surface area contributed by atoms with Gasteiger partial charge in [-0.25, -0.2) is 0 Å². The molecule has 0 saturated carbocycles. The minimum Gasteiger partial charge on any atom is -0.456 e. The minimum atomic E-state index is 0.872. The van der Waals surface area contributed by atoms with Crippen molar-refractivity contribution in [3.63, 3.8) is 0 Å². The summed E-state index contributed by atoms with van der Waals surface area (Å²) in [5.74, 6) is 0. The van der Waals surface area contributed by atoms with Gasteiger partial charge in [-0.05, 0) is 104 Å². The summed E-state index contributed by atoms with van der Waals surface area (Å²) in [7, 11) is 0. The molecule has 0 amide bonds. The van der Waals surface area contributed by atoms with E-state index in [1.165, 1.54) is 50.1 Å².